The van der Waals surface area contributed by atoms with E-state index in [-0.39, 0.29) is 16.5 Å². The van der Waals surface area contributed by atoms with E-state index in [0.717, 1.165) is 6.07 Å². The van der Waals surface area contributed by atoms with E-state index >= 15 is 0 Å². The molecule has 0 aliphatic carbocycles. The predicted octanol–water partition coefficient (Wildman–Crippen LogP) is 3.45. The first-order valence-electron chi connectivity index (χ1n) is 6.07. The SMILES string of the molecule is CCCC(NC(=O)c1ccc(Br)c(C(F)(F)F)c1)C(=O)O. The third-order valence-electron chi connectivity index (χ3n) is 2.71. The highest BCUT2D eigenvalue weighted by molar-refractivity contribution is 9.10. The number of hydrogen-bond donors (Lipinski definition) is 2. The Morgan fingerprint density at radius 2 is 2.00 bits per heavy atom. The van der Waals surface area contributed by atoms with E-state index in [4.69, 9.17) is 5.11 Å². The van der Waals surface area contributed by atoms with Gasteiger partial charge >= 0.3 is 12.1 Å². The number of aliphatic carboxylic acids is 1. The first kappa shape index (κ1) is 17.5. The highest BCUT2D eigenvalue weighted by atomic mass is 79.9. The Bertz CT molecular complexity index is 546. The van der Waals surface area contributed by atoms with Crippen molar-refractivity contribution in [1.29, 1.82) is 0 Å². The number of rotatable bonds is 5. The van der Waals surface area contributed by atoms with Crippen LogP contribution in [0.25, 0.3) is 0 Å². The summed E-state index contributed by atoms with van der Waals surface area (Å²) in [6.45, 7) is 1.74. The number of carbonyl (C=O) groups is 2. The van der Waals surface area contributed by atoms with Crippen molar-refractivity contribution in [3.63, 3.8) is 0 Å². The second-order valence-electron chi connectivity index (χ2n) is 4.35. The maximum atomic E-state index is 12.7. The molecule has 1 atom stereocenters. The van der Waals surface area contributed by atoms with Gasteiger partial charge in [0.15, 0.2) is 0 Å². The highest BCUT2D eigenvalue weighted by Gasteiger charge is 2.33. The molecule has 0 aromatic heterocycles. The van der Waals surface area contributed by atoms with Gasteiger partial charge in [-0.3, -0.25) is 4.79 Å². The number of nitrogens with one attached hydrogen (secondary N) is 1. The molecule has 116 valence electrons. The van der Waals surface area contributed by atoms with Gasteiger partial charge in [0, 0.05) is 10.0 Å². The molecule has 1 amide bonds. The Morgan fingerprint density at radius 3 is 2.48 bits per heavy atom. The molecule has 1 unspecified atom stereocenters. The van der Waals surface area contributed by atoms with E-state index in [0.29, 0.717) is 12.5 Å². The second-order valence-corrected chi connectivity index (χ2v) is 5.20. The fraction of sp³-hybridized carbons (Fsp3) is 0.385. The van der Waals surface area contributed by atoms with Crippen LogP contribution in [0.3, 0.4) is 0 Å². The zero-order chi connectivity index (χ0) is 16.2. The van der Waals surface area contributed by atoms with E-state index < -0.39 is 29.7 Å². The van der Waals surface area contributed by atoms with Crippen LogP contribution in [0.2, 0.25) is 0 Å². The first-order chi connectivity index (χ1) is 9.66. The van der Waals surface area contributed by atoms with E-state index in [2.05, 4.69) is 21.2 Å². The summed E-state index contributed by atoms with van der Waals surface area (Å²) in [6.07, 6.45) is -3.89. The number of carbonyl (C=O) groups excluding carboxylic acids is 1. The van der Waals surface area contributed by atoms with Crippen molar-refractivity contribution in [3.8, 4) is 0 Å². The van der Waals surface area contributed by atoms with Crippen LogP contribution in [0.1, 0.15) is 35.7 Å². The number of amides is 1. The summed E-state index contributed by atoms with van der Waals surface area (Å²) in [6, 6.07) is 1.86. The molecule has 8 heteroatoms. The molecule has 0 saturated heterocycles. The number of alkyl halides is 3. The van der Waals surface area contributed by atoms with Crippen molar-refractivity contribution >= 4 is 27.8 Å². The summed E-state index contributed by atoms with van der Waals surface area (Å²) in [7, 11) is 0. The molecule has 0 bridgehead atoms. The zero-order valence-corrected chi connectivity index (χ0v) is 12.6. The van der Waals surface area contributed by atoms with E-state index in [9.17, 15) is 22.8 Å². The molecule has 0 aliphatic heterocycles. The van der Waals surface area contributed by atoms with Crippen molar-refractivity contribution < 1.29 is 27.9 Å². The molecule has 2 N–H and O–H groups in total. The smallest absolute Gasteiger partial charge is 0.417 e. The fourth-order valence-corrected chi connectivity index (χ4v) is 2.14. The third-order valence-corrected chi connectivity index (χ3v) is 3.41. The van der Waals surface area contributed by atoms with E-state index in [1.165, 1.54) is 6.07 Å². The quantitative estimate of drug-likeness (QED) is 0.837. The van der Waals surface area contributed by atoms with Crippen molar-refractivity contribution in [2.75, 3.05) is 0 Å². The van der Waals surface area contributed by atoms with Crippen LogP contribution in [-0.2, 0) is 11.0 Å². The molecule has 0 spiro atoms. The average molecular weight is 368 g/mol. The van der Waals surface area contributed by atoms with Crippen LogP contribution in [0.4, 0.5) is 13.2 Å². The average Bonchev–Trinajstić information content (AvgIpc) is 2.37. The zero-order valence-electron chi connectivity index (χ0n) is 11.0. The fourth-order valence-electron chi connectivity index (χ4n) is 1.67. The van der Waals surface area contributed by atoms with Gasteiger partial charge < -0.3 is 10.4 Å². The lowest BCUT2D eigenvalue weighted by Gasteiger charge is -2.15. The maximum absolute atomic E-state index is 12.7. The summed E-state index contributed by atoms with van der Waals surface area (Å²) in [4.78, 5) is 22.8. The van der Waals surface area contributed by atoms with Gasteiger partial charge in [-0.2, -0.15) is 13.2 Å². The Kier molecular flexibility index (Phi) is 5.77. The molecule has 0 saturated carbocycles. The molecule has 0 fully saturated rings. The molecule has 21 heavy (non-hydrogen) atoms. The molecular weight excluding hydrogens is 355 g/mol. The highest BCUT2D eigenvalue weighted by Crippen LogP contribution is 2.35. The van der Waals surface area contributed by atoms with Gasteiger partial charge in [-0.1, -0.05) is 29.3 Å². The second kappa shape index (κ2) is 6.93. The number of halogens is 4. The summed E-state index contributed by atoms with van der Waals surface area (Å²) in [5.74, 6) is -2.08. The Labute approximate surface area is 127 Å². The van der Waals surface area contributed by atoms with Crippen molar-refractivity contribution in [2.45, 2.75) is 32.0 Å². The summed E-state index contributed by atoms with van der Waals surface area (Å²) in [5, 5.41) is 11.1. The minimum absolute atomic E-state index is 0.185. The van der Waals surface area contributed by atoms with Gasteiger partial charge in [0.2, 0.25) is 0 Å². The molecule has 0 radical (unpaired) electrons. The maximum Gasteiger partial charge on any atom is 0.417 e. The van der Waals surface area contributed by atoms with Gasteiger partial charge in [-0.15, -0.1) is 0 Å². The summed E-state index contributed by atoms with van der Waals surface area (Å²) >= 11 is 2.77. The van der Waals surface area contributed by atoms with Crippen LogP contribution in [0.15, 0.2) is 22.7 Å². The molecular formula is C13H13BrF3NO3. The predicted molar refractivity (Wildman–Crippen MR) is 72.9 cm³/mol. The van der Waals surface area contributed by atoms with Crippen LogP contribution in [0.5, 0.6) is 0 Å². The van der Waals surface area contributed by atoms with Gasteiger partial charge in [0.1, 0.15) is 6.04 Å². The van der Waals surface area contributed by atoms with Crippen molar-refractivity contribution in [3.05, 3.63) is 33.8 Å². The van der Waals surface area contributed by atoms with Gasteiger partial charge in [0.05, 0.1) is 5.56 Å². The Morgan fingerprint density at radius 1 is 1.38 bits per heavy atom. The number of carboxylic acids is 1. The van der Waals surface area contributed by atoms with Crippen LogP contribution < -0.4 is 5.32 Å². The van der Waals surface area contributed by atoms with Gasteiger partial charge in [0.25, 0.3) is 5.91 Å². The standard InChI is InChI=1S/C13H13BrF3NO3/c1-2-3-10(12(20)21)18-11(19)7-4-5-9(14)8(6-7)13(15,16)17/h4-6,10H,2-3H2,1H3,(H,18,19)(H,20,21). The Hall–Kier alpha value is -1.57. The summed E-state index contributed by atoms with van der Waals surface area (Å²) in [5.41, 5.74) is -1.23. The normalized spacial score (nSPS) is 12.8. The number of carboxylic acid groups (broad SMARTS) is 1. The topological polar surface area (TPSA) is 66.4 Å². The molecule has 0 aliphatic rings. The van der Waals surface area contributed by atoms with E-state index in [1.807, 2.05) is 0 Å². The van der Waals surface area contributed by atoms with Crippen LogP contribution in [-0.4, -0.2) is 23.0 Å². The van der Waals surface area contributed by atoms with Crippen molar-refractivity contribution in [1.82, 2.24) is 5.32 Å². The molecule has 1 aromatic carbocycles. The lowest BCUT2D eigenvalue weighted by molar-refractivity contribution is -0.140. The molecule has 4 nitrogen and oxygen atoms in total. The van der Waals surface area contributed by atoms with Crippen LogP contribution in [0, 0.1) is 0 Å². The monoisotopic (exact) mass is 367 g/mol. The van der Waals surface area contributed by atoms with Crippen molar-refractivity contribution in [2.24, 2.45) is 0 Å². The molecule has 1 aromatic rings. The number of hydrogen-bond acceptors (Lipinski definition) is 2. The minimum Gasteiger partial charge on any atom is -0.480 e. The summed E-state index contributed by atoms with van der Waals surface area (Å²) < 4.78 is 38.1. The third kappa shape index (κ3) is 4.73. The lowest BCUT2D eigenvalue weighted by atomic mass is 10.1. The minimum atomic E-state index is -4.61. The number of benzene rings is 1. The van der Waals surface area contributed by atoms with Gasteiger partial charge in [-0.25, -0.2) is 4.79 Å². The van der Waals surface area contributed by atoms with Gasteiger partial charge in [-0.05, 0) is 24.6 Å². The van der Waals surface area contributed by atoms with Crippen LogP contribution >= 0.6 is 15.9 Å². The van der Waals surface area contributed by atoms with E-state index in [1.54, 1.807) is 6.92 Å². The largest absolute Gasteiger partial charge is 0.480 e. The lowest BCUT2D eigenvalue weighted by Crippen LogP contribution is -2.40. The molecule has 0 heterocycles. The first-order valence-corrected chi connectivity index (χ1v) is 6.86. The Balaban J connectivity index is 3.00. The molecule has 1 rings (SSSR count).